The van der Waals surface area contributed by atoms with Crippen LogP contribution in [-0.2, 0) is 11.2 Å². The second-order valence-corrected chi connectivity index (χ2v) is 3.42. The van der Waals surface area contributed by atoms with Gasteiger partial charge in [-0.05, 0) is 18.4 Å². The van der Waals surface area contributed by atoms with Crippen molar-refractivity contribution in [2.24, 2.45) is 0 Å². The normalized spacial score (nSPS) is 25.9. The van der Waals surface area contributed by atoms with Crippen molar-refractivity contribution in [2.75, 3.05) is 6.61 Å². The van der Waals surface area contributed by atoms with Crippen LogP contribution in [0.3, 0.4) is 0 Å². The zero-order chi connectivity index (χ0) is 9.10. The lowest BCUT2D eigenvalue weighted by Gasteiger charge is -1.97. The molecule has 13 heavy (non-hydrogen) atoms. The van der Waals surface area contributed by atoms with Crippen molar-refractivity contribution in [1.82, 2.24) is 0 Å². The highest BCUT2D eigenvalue weighted by molar-refractivity contribution is 5.15. The van der Waals surface area contributed by atoms with E-state index < -0.39 is 0 Å². The first-order chi connectivity index (χ1) is 6.40. The molecule has 1 fully saturated rings. The predicted molar refractivity (Wildman–Crippen MR) is 50.5 cm³/mol. The first-order valence-corrected chi connectivity index (χ1v) is 4.70. The van der Waals surface area contributed by atoms with E-state index in [0.29, 0.717) is 6.10 Å². The van der Waals surface area contributed by atoms with E-state index in [1.807, 2.05) is 18.2 Å². The molecule has 2 atom stereocenters. The standard InChI is InChI=1S/C11H14O2/c12-8-11-10(13-11)7-6-9-4-2-1-3-5-9/h1-5,10-12H,6-8H2/t10?,11-/m0/s1. The van der Waals surface area contributed by atoms with Crippen LogP contribution >= 0.6 is 0 Å². The monoisotopic (exact) mass is 178 g/mol. The van der Waals surface area contributed by atoms with Gasteiger partial charge < -0.3 is 9.84 Å². The molecule has 0 amide bonds. The number of aryl methyl sites for hydroxylation is 1. The lowest BCUT2D eigenvalue weighted by molar-refractivity contribution is 0.241. The Morgan fingerprint density at radius 3 is 2.54 bits per heavy atom. The van der Waals surface area contributed by atoms with E-state index in [1.54, 1.807) is 0 Å². The highest BCUT2D eigenvalue weighted by atomic mass is 16.6. The lowest BCUT2D eigenvalue weighted by atomic mass is 10.1. The zero-order valence-corrected chi connectivity index (χ0v) is 7.52. The summed E-state index contributed by atoms with van der Waals surface area (Å²) in [6.45, 7) is 0.166. The summed E-state index contributed by atoms with van der Waals surface area (Å²) < 4.78 is 5.24. The van der Waals surface area contributed by atoms with Crippen LogP contribution in [0.4, 0.5) is 0 Å². The van der Waals surface area contributed by atoms with Gasteiger partial charge in [0.05, 0.1) is 12.7 Å². The molecule has 2 rings (SSSR count). The fourth-order valence-corrected chi connectivity index (χ4v) is 1.55. The molecule has 1 heterocycles. The first kappa shape index (κ1) is 8.73. The Labute approximate surface area is 78.2 Å². The molecule has 2 heteroatoms. The summed E-state index contributed by atoms with van der Waals surface area (Å²) >= 11 is 0. The molecule has 70 valence electrons. The van der Waals surface area contributed by atoms with Gasteiger partial charge in [0.15, 0.2) is 0 Å². The van der Waals surface area contributed by atoms with E-state index in [1.165, 1.54) is 5.56 Å². The van der Waals surface area contributed by atoms with Gasteiger partial charge in [-0.15, -0.1) is 0 Å². The summed E-state index contributed by atoms with van der Waals surface area (Å²) in [7, 11) is 0. The van der Waals surface area contributed by atoms with Crippen LogP contribution < -0.4 is 0 Å². The van der Waals surface area contributed by atoms with E-state index in [2.05, 4.69) is 12.1 Å². The molecule has 1 N–H and O–H groups in total. The fraction of sp³-hybridized carbons (Fsp3) is 0.455. The van der Waals surface area contributed by atoms with Crippen molar-refractivity contribution in [3.63, 3.8) is 0 Å². The van der Waals surface area contributed by atoms with Crippen LogP contribution in [0.15, 0.2) is 30.3 Å². The minimum Gasteiger partial charge on any atom is -0.394 e. The Balaban J connectivity index is 1.75. The molecule has 1 aliphatic heterocycles. The van der Waals surface area contributed by atoms with Crippen molar-refractivity contribution >= 4 is 0 Å². The van der Waals surface area contributed by atoms with Gasteiger partial charge in [-0.2, -0.15) is 0 Å². The molecule has 0 bridgehead atoms. The Morgan fingerprint density at radius 2 is 1.92 bits per heavy atom. The van der Waals surface area contributed by atoms with E-state index in [0.717, 1.165) is 12.8 Å². The largest absolute Gasteiger partial charge is 0.394 e. The Kier molecular flexibility index (Phi) is 2.62. The number of aliphatic hydroxyl groups is 1. The van der Waals surface area contributed by atoms with Crippen molar-refractivity contribution in [3.8, 4) is 0 Å². The number of aliphatic hydroxyl groups excluding tert-OH is 1. The average molecular weight is 178 g/mol. The molecular formula is C11H14O2. The van der Waals surface area contributed by atoms with Crippen molar-refractivity contribution in [1.29, 1.82) is 0 Å². The van der Waals surface area contributed by atoms with Crippen molar-refractivity contribution in [3.05, 3.63) is 35.9 Å². The maximum atomic E-state index is 8.75. The number of benzene rings is 1. The van der Waals surface area contributed by atoms with Crippen LogP contribution in [0.25, 0.3) is 0 Å². The molecule has 1 aromatic carbocycles. The van der Waals surface area contributed by atoms with Gasteiger partial charge in [0, 0.05) is 0 Å². The molecule has 1 unspecified atom stereocenters. The topological polar surface area (TPSA) is 32.8 Å². The molecule has 0 spiro atoms. The number of epoxide rings is 1. The summed E-state index contributed by atoms with van der Waals surface area (Å²) in [6, 6.07) is 10.4. The summed E-state index contributed by atoms with van der Waals surface area (Å²) in [5.41, 5.74) is 1.34. The number of rotatable bonds is 4. The SMILES string of the molecule is OC[C@@H]1OC1CCc1ccccc1. The van der Waals surface area contributed by atoms with Crippen LogP contribution in [0.5, 0.6) is 0 Å². The third kappa shape index (κ3) is 2.29. The second-order valence-electron chi connectivity index (χ2n) is 3.42. The molecule has 1 saturated heterocycles. The zero-order valence-electron chi connectivity index (χ0n) is 7.52. The molecule has 1 aromatic rings. The maximum Gasteiger partial charge on any atom is 0.107 e. The van der Waals surface area contributed by atoms with Crippen LogP contribution in [0, 0.1) is 0 Å². The number of ether oxygens (including phenoxy) is 1. The molecule has 2 nitrogen and oxygen atoms in total. The van der Waals surface area contributed by atoms with E-state index >= 15 is 0 Å². The van der Waals surface area contributed by atoms with E-state index in [9.17, 15) is 0 Å². The highest BCUT2D eigenvalue weighted by Crippen LogP contribution is 2.25. The van der Waals surface area contributed by atoms with Gasteiger partial charge in [0.25, 0.3) is 0 Å². The third-order valence-electron chi connectivity index (χ3n) is 2.43. The van der Waals surface area contributed by atoms with Gasteiger partial charge in [-0.1, -0.05) is 30.3 Å². The quantitative estimate of drug-likeness (QED) is 0.706. The Hall–Kier alpha value is -0.860. The number of hydrogen-bond acceptors (Lipinski definition) is 2. The molecule has 0 saturated carbocycles. The summed E-state index contributed by atoms with van der Waals surface area (Å²) in [5, 5.41) is 8.75. The minimum absolute atomic E-state index is 0.115. The third-order valence-corrected chi connectivity index (χ3v) is 2.43. The molecule has 0 radical (unpaired) electrons. The molecular weight excluding hydrogens is 164 g/mol. The Morgan fingerprint density at radius 1 is 1.15 bits per heavy atom. The van der Waals surface area contributed by atoms with E-state index in [-0.39, 0.29) is 12.7 Å². The minimum atomic E-state index is 0.115. The van der Waals surface area contributed by atoms with Crippen molar-refractivity contribution < 1.29 is 9.84 Å². The van der Waals surface area contributed by atoms with Gasteiger partial charge >= 0.3 is 0 Å². The first-order valence-electron chi connectivity index (χ1n) is 4.70. The van der Waals surface area contributed by atoms with Gasteiger partial charge in [-0.3, -0.25) is 0 Å². The smallest absolute Gasteiger partial charge is 0.107 e. The molecule has 0 aromatic heterocycles. The maximum absolute atomic E-state index is 8.75. The van der Waals surface area contributed by atoms with Crippen LogP contribution in [0.1, 0.15) is 12.0 Å². The van der Waals surface area contributed by atoms with Crippen LogP contribution in [0.2, 0.25) is 0 Å². The summed E-state index contributed by atoms with van der Waals surface area (Å²) in [4.78, 5) is 0. The van der Waals surface area contributed by atoms with Crippen molar-refractivity contribution in [2.45, 2.75) is 25.0 Å². The van der Waals surface area contributed by atoms with Gasteiger partial charge in [0.1, 0.15) is 6.10 Å². The second kappa shape index (κ2) is 3.90. The Bertz CT molecular complexity index is 258. The highest BCUT2D eigenvalue weighted by Gasteiger charge is 2.37. The number of hydrogen-bond donors (Lipinski definition) is 1. The van der Waals surface area contributed by atoms with E-state index in [4.69, 9.17) is 9.84 Å². The molecule has 0 aliphatic carbocycles. The average Bonchev–Trinajstić information content (AvgIpc) is 2.95. The van der Waals surface area contributed by atoms with Gasteiger partial charge in [0.2, 0.25) is 0 Å². The predicted octanol–water partition coefficient (Wildman–Crippen LogP) is 1.38. The van der Waals surface area contributed by atoms with Crippen LogP contribution in [-0.4, -0.2) is 23.9 Å². The lowest BCUT2D eigenvalue weighted by Crippen LogP contribution is -2.00. The summed E-state index contributed by atoms with van der Waals surface area (Å²) in [5.74, 6) is 0. The fourth-order valence-electron chi connectivity index (χ4n) is 1.55. The molecule has 1 aliphatic rings. The van der Waals surface area contributed by atoms with Gasteiger partial charge in [-0.25, -0.2) is 0 Å². The summed E-state index contributed by atoms with van der Waals surface area (Å²) in [6.07, 6.45) is 2.48.